The number of benzene rings is 13. The van der Waals surface area contributed by atoms with E-state index in [0.29, 0.717) is 0 Å². The van der Waals surface area contributed by atoms with Crippen LogP contribution in [0.15, 0.2) is 273 Å². The SMILES string of the molecule is c1ccc2c(c1)c1ccccc1c1cc(-c3ccc(N(c4ccc(-c5ccc(-n6c7ccccc7c7ccccc76)cc5)cc4)c4ccc(-c5cc6c7ccccc7n7c8ccccc8c(c5)c67)cc4)cc3)ccc21. The molecule has 0 aliphatic rings. The molecule has 0 spiro atoms. The van der Waals surface area contributed by atoms with Crippen LogP contribution in [-0.2, 0) is 0 Å². The molecule has 348 valence electrons. The van der Waals surface area contributed by atoms with Gasteiger partial charge in [0.2, 0.25) is 0 Å². The van der Waals surface area contributed by atoms with Crippen LogP contribution in [0.1, 0.15) is 0 Å². The summed E-state index contributed by atoms with van der Waals surface area (Å²) in [5.74, 6) is 0. The molecule has 0 N–H and O–H groups in total. The second-order valence-electron chi connectivity index (χ2n) is 20.0. The summed E-state index contributed by atoms with van der Waals surface area (Å²) in [4.78, 5) is 2.38. The highest BCUT2D eigenvalue weighted by molar-refractivity contribution is 6.26. The van der Waals surface area contributed by atoms with Gasteiger partial charge in [-0.1, -0.05) is 182 Å². The van der Waals surface area contributed by atoms with Crippen molar-refractivity contribution in [3.8, 4) is 39.1 Å². The van der Waals surface area contributed by atoms with Gasteiger partial charge in [0, 0.05) is 55.1 Å². The summed E-state index contributed by atoms with van der Waals surface area (Å²) >= 11 is 0. The van der Waals surface area contributed by atoms with Crippen LogP contribution in [0.2, 0.25) is 0 Å². The molecule has 0 bridgehead atoms. The fourth-order valence-corrected chi connectivity index (χ4v) is 12.6. The molecular formula is C72H45N3. The van der Waals surface area contributed by atoms with Gasteiger partial charge in [0.05, 0.1) is 27.6 Å². The Bertz CT molecular complexity index is 4730. The van der Waals surface area contributed by atoms with Gasteiger partial charge in [-0.15, -0.1) is 0 Å². The highest BCUT2D eigenvalue weighted by Crippen LogP contribution is 2.44. The van der Waals surface area contributed by atoms with Gasteiger partial charge < -0.3 is 13.9 Å². The molecule has 75 heavy (non-hydrogen) atoms. The topological polar surface area (TPSA) is 12.6 Å². The summed E-state index contributed by atoms with van der Waals surface area (Å²) < 4.78 is 4.82. The van der Waals surface area contributed by atoms with Crippen molar-refractivity contribution in [1.82, 2.24) is 8.97 Å². The summed E-state index contributed by atoms with van der Waals surface area (Å²) in [7, 11) is 0. The molecule has 16 rings (SSSR count). The van der Waals surface area contributed by atoms with Crippen molar-refractivity contribution in [3.63, 3.8) is 0 Å². The predicted molar refractivity (Wildman–Crippen MR) is 319 cm³/mol. The minimum atomic E-state index is 1.09. The molecule has 3 heterocycles. The highest BCUT2D eigenvalue weighted by atomic mass is 15.1. The minimum absolute atomic E-state index is 1.09. The molecule has 0 unspecified atom stereocenters. The van der Waals surface area contributed by atoms with Crippen LogP contribution in [-0.4, -0.2) is 8.97 Å². The van der Waals surface area contributed by atoms with Crippen molar-refractivity contribution in [2.45, 2.75) is 0 Å². The standard InChI is InChI=1S/C72H45N3/c1-2-15-58-56(13-1)57-14-3-4-16-59(57)65-43-50(33-42-60(58)65)48-29-36-53(37-30-48)73(52-34-25-46(26-35-52)47-27-40-55(41-28-47)74-68-21-9-5-17-61(68)62-18-6-10-22-69(62)74)54-38-31-49(32-39-54)51-44-66-63-19-7-11-23-70(63)75-71-24-12-8-20-64(71)67(45-51)72(66)75/h1-45H. The summed E-state index contributed by atoms with van der Waals surface area (Å²) in [5.41, 5.74) is 17.8. The third-order valence-corrected chi connectivity index (χ3v) is 16.0. The number of hydrogen-bond donors (Lipinski definition) is 0. The smallest absolute Gasteiger partial charge is 0.0620 e. The number of nitrogens with zero attached hydrogens (tertiary/aromatic N) is 3. The molecule has 0 fully saturated rings. The van der Waals surface area contributed by atoms with E-state index in [-0.39, 0.29) is 0 Å². The second kappa shape index (κ2) is 16.3. The Morgan fingerprint density at radius 1 is 0.213 bits per heavy atom. The Morgan fingerprint density at radius 3 is 0.973 bits per heavy atom. The number of fused-ring (bicyclic) bond motifs is 15. The van der Waals surface area contributed by atoms with Crippen molar-refractivity contribution < 1.29 is 0 Å². The zero-order valence-electron chi connectivity index (χ0n) is 40.8. The van der Waals surface area contributed by atoms with E-state index >= 15 is 0 Å². The van der Waals surface area contributed by atoms with Crippen LogP contribution in [0.3, 0.4) is 0 Å². The van der Waals surface area contributed by atoms with Gasteiger partial charge in [0.15, 0.2) is 0 Å². The first kappa shape index (κ1) is 41.6. The van der Waals surface area contributed by atoms with E-state index in [4.69, 9.17) is 0 Å². The molecule has 3 aromatic heterocycles. The third-order valence-electron chi connectivity index (χ3n) is 16.0. The molecule has 0 radical (unpaired) electrons. The van der Waals surface area contributed by atoms with Gasteiger partial charge >= 0.3 is 0 Å². The maximum absolute atomic E-state index is 2.45. The molecule has 0 aliphatic heterocycles. The Labute approximate surface area is 433 Å². The Hall–Kier alpha value is -9.96. The van der Waals surface area contributed by atoms with Gasteiger partial charge in [-0.25, -0.2) is 0 Å². The average molecular weight is 952 g/mol. The van der Waals surface area contributed by atoms with E-state index in [9.17, 15) is 0 Å². The van der Waals surface area contributed by atoms with Crippen molar-refractivity contribution in [3.05, 3.63) is 273 Å². The van der Waals surface area contributed by atoms with E-state index < -0.39 is 0 Å². The fourth-order valence-electron chi connectivity index (χ4n) is 12.6. The number of rotatable bonds is 7. The lowest BCUT2D eigenvalue weighted by Crippen LogP contribution is -2.09. The zero-order chi connectivity index (χ0) is 49.1. The monoisotopic (exact) mass is 951 g/mol. The maximum atomic E-state index is 2.45. The molecule has 0 amide bonds. The van der Waals surface area contributed by atoms with Crippen LogP contribution >= 0.6 is 0 Å². The lowest BCUT2D eigenvalue weighted by Gasteiger charge is -2.26. The van der Waals surface area contributed by atoms with Gasteiger partial charge in [-0.2, -0.15) is 0 Å². The quantitative estimate of drug-likeness (QED) is 0.145. The number of para-hydroxylation sites is 4. The maximum Gasteiger partial charge on any atom is 0.0620 e. The summed E-state index contributed by atoms with van der Waals surface area (Å²) in [6.07, 6.45) is 0. The van der Waals surface area contributed by atoms with Crippen LogP contribution in [0.25, 0.3) is 131 Å². The molecule has 0 saturated heterocycles. The largest absolute Gasteiger partial charge is 0.311 e. The van der Waals surface area contributed by atoms with Gasteiger partial charge in [0.25, 0.3) is 0 Å². The van der Waals surface area contributed by atoms with Gasteiger partial charge in [-0.3, -0.25) is 0 Å². The first-order chi connectivity index (χ1) is 37.2. The third kappa shape index (κ3) is 6.35. The number of aromatic nitrogens is 2. The molecule has 0 aliphatic carbocycles. The highest BCUT2D eigenvalue weighted by Gasteiger charge is 2.20. The average Bonchev–Trinajstić information content (AvgIpc) is 4.17. The van der Waals surface area contributed by atoms with Crippen LogP contribution < -0.4 is 4.90 Å². The molecule has 0 atom stereocenters. The van der Waals surface area contributed by atoms with Crippen molar-refractivity contribution in [1.29, 1.82) is 0 Å². The number of anilines is 3. The van der Waals surface area contributed by atoms with Gasteiger partial charge in [-0.05, 0) is 157 Å². The van der Waals surface area contributed by atoms with Crippen molar-refractivity contribution >= 4 is 109 Å². The summed E-state index contributed by atoms with van der Waals surface area (Å²) in [6.45, 7) is 0. The van der Waals surface area contributed by atoms with Crippen molar-refractivity contribution in [2.75, 3.05) is 4.90 Å². The molecule has 16 aromatic rings. The van der Waals surface area contributed by atoms with E-state index in [1.807, 2.05) is 0 Å². The van der Waals surface area contributed by atoms with E-state index in [1.54, 1.807) is 0 Å². The van der Waals surface area contributed by atoms with E-state index in [2.05, 4.69) is 287 Å². The fraction of sp³-hybridized carbons (Fsp3) is 0. The van der Waals surface area contributed by atoms with Crippen molar-refractivity contribution in [2.24, 2.45) is 0 Å². The molecule has 3 nitrogen and oxygen atoms in total. The molecule has 0 saturated carbocycles. The van der Waals surface area contributed by atoms with E-state index in [0.717, 1.165) is 22.7 Å². The minimum Gasteiger partial charge on any atom is -0.311 e. The lowest BCUT2D eigenvalue weighted by atomic mass is 9.92. The predicted octanol–water partition coefficient (Wildman–Crippen LogP) is 19.9. The molecule has 13 aromatic carbocycles. The van der Waals surface area contributed by atoms with Crippen LogP contribution in [0.4, 0.5) is 17.1 Å². The summed E-state index contributed by atoms with van der Waals surface area (Å²) in [5, 5.41) is 15.4. The van der Waals surface area contributed by atoms with Crippen LogP contribution in [0, 0.1) is 0 Å². The number of hydrogen-bond acceptors (Lipinski definition) is 1. The van der Waals surface area contributed by atoms with E-state index in [1.165, 1.54) is 126 Å². The first-order valence-electron chi connectivity index (χ1n) is 25.9. The second-order valence-corrected chi connectivity index (χ2v) is 20.0. The molecular weight excluding hydrogens is 907 g/mol. The Balaban J connectivity index is 0.786. The normalized spacial score (nSPS) is 12.0. The Kier molecular flexibility index (Phi) is 9.04. The first-order valence-corrected chi connectivity index (χ1v) is 25.9. The molecule has 3 heteroatoms. The Morgan fingerprint density at radius 2 is 0.520 bits per heavy atom. The lowest BCUT2D eigenvalue weighted by molar-refractivity contribution is 1.18. The zero-order valence-corrected chi connectivity index (χ0v) is 40.8. The summed E-state index contributed by atoms with van der Waals surface area (Å²) in [6, 6.07) is 101. The van der Waals surface area contributed by atoms with Crippen LogP contribution in [0.5, 0.6) is 0 Å². The van der Waals surface area contributed by atoms with Gasteiger partial charge in [0.1, 0.15) is 0 Å².